The Kier molecular flexibility index (Phi) is 22.1. The number of aryl methyl sites for hydroxylation is 3. The average molecular weight is 1390 g/mol. The summed E-state index contributed by atoms with van der Waals surface area (Å²) in [5.74, 6) is -0.680. The van der Waals surface area contributed by atoms with Crippen LogP contribution in [0.4, 0.5) is 21.5 Å². The second-order valence-electron chi connectivity index (χ2n) is 24.6. The minimum Gasteiger partial charge on any atom is -0.367 e. The van der Waals surface area contributed by atoms with Crippen LogP contribution in [0.2, 0.25) is 15.1 Å². The molecule has 0 N–H and O–H groups in total. The highest BCUT2D eigenvalue weighted by atomic mass is 35.5. The topological polar surface area (TPSA) is 194 Å². The highest BCUT2D eigenvalue weighted by Crippen LogP contribution is 2.35. The van der Waals surface area contributed by atoms with Crippen molar-refractivity contribution in [3.05, 3.63) is 247 Å². The van der Waals surface area contributed by atoms with Crippen LogP contribution in [-0.4, -0.2) is 144 Å². The molecule has 4 aromatic heterocycles. The Labute approximate surface area is 586 Å². The molecule has 2 amide bonds. The molecule has 3 saturated heterocycles. The van der Waals surface area contributed by atoms with Crippen molar-refractivity contribution in [3.8, 4) is 18.2 Å². The molecule has 3 fully saturated rings. The molecule has 0 atom stereocenters. The molecule has 0 bridgehead atoms. The fourth-order valence-corrected chi connectivity index (χ4v) is 14.2. The van der Waals surface area contributed by atoms with Gasteiger partial charge in [-0.05, 0) is 130 Å². The summed E-state index contributed by atoms with van der Waals surface area (Å²) in [4.78, 5) is 81.1. The molecule has 0 spiro atoms. The molecule has 0 radical (unpaired) electrons. The monoisotopic (exact) mass is 1390 g/mol. The van der Waals surface area contributed by atoms with Gasteiger partial charge in [-0.3, -0.25) is 28.9 Å². The third-order valence-corrected chi connectivity index (χ3v) is 19.9. The van der Waals surface area contributed by atoms with Crippen molar-refractivity contribution in [2.75, 3.05) is 114 Å². The van der Waals surface area contributed by atoms with E-state index in [9.17, 15) is 44.1 Å². The van der Waals surface area contributed by atoms with Crippen LogP contribution in [0.1, 0.15) is 59.8 Å². The molecule has 0 aliphatic carbocycles. The zero-order valence-electron chi connectivity index (χ0n) is 54.7. The number of thiophene rings is 1. The van der Waals surface area contributed by atoms with Gasteiger partial charge in [0.05, 0.1) is 50.2 Å². The normalized spacial score (nSPS) is 14.2. The van der Waals surface area contributed by atoms with Gasteiger partial charge in [-0.1, -0.05) is 101 Å². The zero-order chi connectivity index (χ0) is 69.3. The van der Waals surface area contributed by atoms with Crippen LogP contribution in [0.25, 0.3) is 32.7 Å². The fraction of sp³-hybridized carbons (Fsp3) is 0.280. The van der Waals surface area contributed by atoms with E-state index >= 15 is 0 Å². The fourth-order valence-electron chi connectivity index (χ4n) is 13.0. The third-order valence-electron chi connectivity index (χ3n) is 18.0. The van der Waals surface area contributed by atoms with Crippen molar-refractivity contribution in [1.29, 1.82) is 15.8 Å². The van der Waals surface area contributed by atoms with Crippen LogP contribution in [0, 0.1) is 46.7 Å². The van der Waals surface area contributed by atoms with Gasteiger partial charge in [0.25, 0.3) is 28.5 Å². The van der Waals surface area contributed by atoms with Crippen LogP contribution in [0.15, 0.2) is 165 Å². The molecule has 6 aromatic carbocycles. The number of carbonyl (C=O) groups excluding carboxylic acids is 2. The molecule has 3 aliphatic heterocycles. The first-order chi connectivity index (χ1) is 47.3. The van der Waals surface area contributed by atoms with E-state index in [0.29, 0.717) is 109 Å². The molecule has 13 rings (SSSR count). The van der Waals surface area contributed by atoms with Crippen LogP contribution in [0.3, 0.4) is 0 Å². The van der Waals surface area contributed by atoms with Gasteiger partial charge in [-0.15, -0.1) is 11.3 Å². The number of hydrogen-bond acceptors (Lipinski definition) is 14. The maximum Gasteiger partial charge on any atom is 0.271 e. The maximum atomic E-state index is 13.6. The first-order valence-electron chi connectivity index (χ1n) is 32.2. The number of nitriles is 3. The van der Waals surface area contributed by atoms with Gasteiger partial charge < -0.3 is 43.1 Å². The Morgan fingerprint density at radius 3 is 1.65 bits per heavy atom. The standard InChI is InChI=1S/C28H21Cl3N4O2.C27H30FN5O2.C20H20N4OS/c29-20-7-9-25-21(15-20)26(22(16-32)28(37)35(25)17-18-4-2-1-3-5-18)33-10-12-34(13-11-33)27(36)19-6-8-23(30)24(31)14-19;1-19-5-10-24-22(17-19)25(23(18-29)27(35)33(24)12-4-11-30(2)3)31-13-15-32(16-14-31)26(34)20-6-8-21(28)9-7-20;1-22-18-7-3-2-6-16(18)19(17(13-21)20(22)25)24-10-8-23(9-11-24)14-15-5-4-12-26-15/h1-9,14-15H,10-13,17H2;5-10,17H,4,11-16H2,1-3H3;2-7,12H,8-11,14H2,1H3. The summed E-state index contributed by atoms with van der Waals surface area (Å²) in [5.41, 5.74) is 6.88. The number of rotatable bonds is 13. The van der Waals surface area contributed by atoms with Gasteiger partial charge in [-0.2, -0.15) is 15.8 Å². The largest absolute Gasteiger partial charge is 0.367 e. The molecule has 0 saturated carbocycles. The Bertz CT molecular complexity index is 4940. The van der Waals surface area contributed by atoms with E-state index < -0.39 is 0 Å². The van der Waals surface area contributed by atoms with Crippen LogP contribution >= 0.6 is 46.1 Å². The molecule has 23 heteroatoms. The Morgan fingerprint density at radius 2 is 1.06 bits per heavy atom. The van der Waals surface area contributed by atoms with Gasteiger partial charge in [0.15, 0.2) is 0 Å². The minimum absolute atomic E-state index is 0.0648. The number of anilines is 3. The minimum atomic E-state index is -0.381. The van der Waals surface area contributed by atoms with E-state index in [1.54, 1.807) is 72.2 Å². The summed E-state index contributed by atoms with van der Waals surface area (Å²) >= 11 is 20.2. The van der Waals surface area contributed by atoms with Crippen LogP contribution < -0.4 is 31.4 Å². The molecule has 7 heterocycles. The quantitative estimate of drug-likeness (QED) is 0.106. The number of carbonyl (C=O) groups is 2. The molecule has 3 aliphatic rings. The van der Waals surface area contributed by atoms with E-state index in [4.69, 9.17) is 34.8 Å². The summed E-state index contributed by atoms with van der Waals surface area (Å²) in [5, 5.41) is 35.6. The number of fused-ring (bicyclic) bond motifs is 3. The van der Waals surface area contributed by atoms with E-state index in [0.717, 1.165) is 89.7 Å². The lowest BCUT2D eigenvalue weighted by Gasteiger charge is -2.37. The number of halogens is 4. The Morgan fingerprint density at radius 1 is 0.531 bits per heavy atom. The Hall–Kier alpha value is -9.82. The van der Waals surface area contributed by atoms with Gasteiger partial charge in [0, 0.05) is 136 Å². The van der Waals surface area contributed by atoms with Crippen molar-refractivity contribution in [3.63, 3.8) is 0 Å². The predicted molar refractivity (Wildman–Crippen MR) is 389 cm³/mol. The number of hydrogen-bond donors (Lipinski definition) is 0. The molecule has 500 valence electrons. The van der Waals surface area contributed by atoms with Crippen molar-refractivity contribution in [2.45, 2.75) is 33.0 Å². The molecule has 10 aromatic rings. The van der Waals surface area contributed by atoms with E-state index in [2.05, 4.69) is 50.4 Å². The van der Waals surface area contributed by atoms with E-state index in [1.807, 2.05) is 110 Å². The van der Waals surface area contributed by atoms with Crippen LogP contribution in [-0.2, 0) is 26.7 Å². The number of para-hydroxylation sites is 1. The molecular weight excluding hydrogens is 1320 g/mol. The molecule has 98 heavy (non-hydrogen) atoms. The van der Waals surface area contributed by atoms with Crippen molar-refractivity contribution >= 4 is 108 Å². The van der Waals surface area contributed by atoms with Gasteiger partial charge in [-0.25, -0.2) is 4.39 Å². The van der Waals surface area contributed by atoms with Crippen molar-refractivity contribution < 1.29 is 14.0 Å². The summed E-state index contributed by atoms with van der Waals surface area (Å²) in [7, 11) is 5.72. The van der Waals surface area contributed by atoms with E-state index in [1.165, 1.54) is 29.1 Å². The highest BCUT2D eigenvalue weighted by Gasteiger charge is 2.31. The summed E-state index contributed by atoms with van der Waals surface area (Å²) < 4.78 is 18.1. The lowest BCUT2D eigenvalue weighted by Crippen LogP contribution is -2.49. The maximum absolute atomic E-state index is 13.6. The molecule has 18 nitrogen and oxygen atoms in total. The highest BCUT2D eigenvalue weighted by molar-refractivity contribution is 7.09. The zero-order valence-corrected chi connectivity index (χ0v) is 57.8. The summed E-state index contributed by atoms with van der Waals surface area (Å²) in [6.07, 6.45) is 0.796. The third kappa shape index (κ3) is 15.1. The Balaban J connectivity index is 0.000000151. The van der Waals surface area contributed by atoms with E-state index in [-0.39, 0.29) is 51.0 Å². The number of aromatic nitrogens is 3. The van der Waals surface area contributed by atoms with Gasteiger partial charge in [0.2, 0.25) is 0 Å². The molecule has 0 unspecified atom stereocenters. The van der Waals surface area contributed by atoms with Crippen LogP contribution in [0.5, 0.6) is 0 Å². The number of nitrogens with zero attached hydrogens (tertiary/aromatic N) is 13. The lowest BCUT2D eigenvalue weighted by molar-refractivity contribution is 0.0739. The molecular formula is C75H71Cl3FN13O5S. The first-order valence-corrected chi connectivity index (χ1v) is 34.2. The summed E-state index contributed by atoms with van der Waals surface area (Å²) in [6, 6.07) is 49.9. The summed E-state index contributed by atoms with van der Waals surface area (Å²) in [6.45, 7) is 11.8. The first kappa shape index (κ1) is 69.5. The lowest BCUT2D eigenvalue weighted by atomic mass is 10.0. The van der Waals surface area contributed by atoms with Gasteiger partial charge >= 0.3 is 0 Å². The number of benzene rings is 6. The van der Waals surface area contributed by atoms with Crippen molar-refractivity contribution in [2.24, 2.45) is 7.05 Å². The number of amides is 2. The second-order valence-corrected chi connectivity index (χ2v) is 26.9. The van der Waals surface area contributed by atoms with Gasteiger partial charge in [0.1, 0.15) is 40.7 Å². The SMILES string of the molecule is Cc1ccc2c(c1)c(N1CCN(C(=O)c3ccc(F)cc3)CC1)c(C#N)c(=O)n2CCCN(C)C.Cn1c(=O)c(C#N)c(N2CCN(Cc3cccs3)CC2)c2ccccc21.N#Cc1c(N2CCN(C(=O)c3ccc(Cl)c(Cl)c3)CC2)c2cc(Cl)ccc2n(Cc2ccccc2)c1=O. The second kappa shape index (κ2) is 31.1. The smallest absolute Gasteiger partial charge is 0.271 e. The predicted octanol–water partition coefficient (Wildman–Crippen LogP) is 11.9. The number of piperazine rings is 3. The number of pyridine rings is 3. The average Bonchev–Trinajstić information content (AvgIpc) is 0.846. The van der Waals surface area contributed by atoms with Crippen molar-refractivity contribution in [1.82, 2.24) is 33.3 Å².